The van der Waals surface area contributed by atoms with Crippen LogP contribution in [-0.2, 0) is 14.3 Å². The molecule has 162 valence electrons. The number of rotatable bonds is 6. The van der Waals surface area contributed by atoms with Gasteiger partial charge in [-0.2, -0.15) is 0 Å². The van der Waals surface area contributed by atoms with Crippen LogP contribution in [0.1, 0.15) is 22.0 Å². The van der Waals surface area contributed by atoms with E-state index in [-0.39, 0.29) is 5.56 Å². The van der Waals surface area contributed by atoms with Gasteiger partial charge in [0.1, 0.15) is 24.8 Å². The van der Waals surface area contributed by atoms with E-state index < -0.39 is 35.3 Å². The summed E-state index contributed by atoms with van der Waals surface area (Å²) in [5.41, 5.74) is 0.869. The van der Waals surface area contributed by atoms with Gasteiger partial charge in [-0.3, -0.25) is 14.4 Å². The van der Waals surface area contributed by atoms with Gasteiger partial charge in [0.05, 0.1) is 32.3 Å². The number of nitrogens with zero attached hydrogens (tertiary/aromatic N) is 1. The molecule has 2 aliphatic heterocycles. The minimum Gasteiger partial charge on any atom is -0.370 e. The lowest BCUT2D eigenvalue weighted by atomic mass is 9.86. The van der Waals surface area contributed by atoms with E-state index in [9.17, 15) is 18.8 Å². The Morgan fingerprint density at radius 1 is 1.06 bits per heavy atom. The molecule has 4 rings (SSSR count). The van der Waals surface area contributed by atoms with E-state index in [4.69, 9.17) is 16.3 Å². The monoisotopic (exact) mass is 445 g/mol. The highest BCUT2D eigenvalue weighted by molar-refractivity contribution is 6.44. The Labute approximate surface area is 184 Å². The maximum atomic E-state index is 13.3. The molecule has 0 spiro atoms. The van der Waals surface area contributed by atoms with E-state index in [1.54, 1.807) is 24.3 Å². The van der Waals surface area contributed by atoms with Crippen LogP contribution in [0.5, 0.6) is 0 Å². The van der Waals surface area contributed by atoms with Crippen LogP contribution in [-0.4, -0.2) is 61.8 Å². The largest absolute Gasteiger partial charge is 0.370 e. The van der Waals surface area contributed by atoms with Crippen LogP contribution in [0.25, 0.3) is 0 Å². The summed E-state index contributed by atoms with van der Waals surface area (Å²) < 4.78 is 18.7. The van der Waals surface area contributed by atoms with Crippen molar-refractivity contribution in [2.45, 2.75) is 6.04 Å². The Morgan fingerprint density at radius 3 is 2.35 bits per heavy atom. The SMILES string of the molecule is O=C1C(=O)N(CC[NH+]2CCOCC2)C(c2ccc(Cl)cc2)C1C(=O)c1ccc(F)cc1. The zero-order chi connectivity index (χ0) is 22.0. The van der Waals surface area contributed by atoms with Crippen LogP contribution in [0.3, 0.4) is 0 Å². The Hall–Kier alpha value is -2.61. The molecule has 1 amide bonds. The van der Waals surface area contributed by atoms with Gasteiger partial charge in [0.25, 0.3) is 5.91 Å². The highest BCUT2D eigenvalue weighted by atomic mass is 35.5. The number of Topliss-reactive ketones (excluding diaryl/α,β-unsaturated/α-hetero) is 2. The first-order chi connectivity index (χ1) is 15.0. The van der Waals surface area contributed by atoms with E-state index in [1.807, 2.05) is 0 Å². The van der Waals surface area contributed by atoms with Gasteiger partial charge < -0.3 is 14.5 Å². The fourth-order valence-electron chi connectivity index (χ4n) is 4.24. The fraction of sp³-hybridized carbons (Fsp3) is 0.348. The number of halogens is 2. The summed E-state index contributed by atoms with van der Waals surface area (Å²) >= 11 is 6.02. The molecule has 2 unspecified atom stereocenters. The highest BCUT2D eigenvalue weighted by Gasteiger charge is 2.51. The molecular weight excluding hydrogens is 423 g/mol. The van der Waals surface area contributed by atoms with Crippen LogP contribution in [0.2, 0.25) is 5.02 Å². The zero-order valence-electron chi connectivity index (χ0n) is 16.9. The molecule has 2 fully saturated rings. The van der Waals surface area contributed by atoms with Crippen LogP contribution >= 0.6 is 11.6 Å². The third kappa shape index (κ3) is 4.54. The second-order valence-electron chi connectivity index (χ2n) is 7.82. The molecule has 0 aromatic heterocycles. The molecule has 1 N–H and O–H groups in total. The topological polar surface area (TPSA) is 68.1 Å². The summed E-state index contributed by atoms with van der Waals surface area (Å²) in [6.07, 6.45) is 0. The lowest BCUT2D eigenvalue weighted by molar-refractivity contribution is -0.907. The van der Waals surface area contributed by atoms with E-state index in [1.165, 1.54) is 34.1 Å². The number of amides is 1. The van der Waals surface area contributed by atoms with Gasteiger partial charge in [-0.25, -0.2) is 4.39 Å². The molecule has 0 aliphatic carbocycles. The van der Waals surface area contributed by atoms with Gasteiger partial charge in [-0.1, -0.05) is 23.7 Å². The lowest BCUT2D eigenvalue weighted by Gasteiger charge is -2.30. The maximum Gasteiger partial charge on any atom is 0.291 e. The third-order valence-corrected chi connectivity index (χ3v) is 6.19. The van der Waals surface area contributed by atoms with Crippen LogP contribution in [0, 0.1) is 11.7 Å². The molecule has 2 atom stereocenters. The predicted octanol–water partition coefficient (Wildman–Crippen LogP) is 1.35. The van der Waals surface area contributed by atoms with Crippen LogP contribution in [0.15, 0.2) is 48.5 Å². The van der Waals surface area contributed by atoms with Gasteiger partial charge in [0, 0.05) is 10.6 Å². The van der Waals surface area contributed by atoms with E-state index in [2.05, 4.69) is 0 Å². The standard InChI is InChI=1S/C23H22ClFN2O4/c24-17-5-1-15(2-6-17)20-19(21(28)16-3-7-18(25)8-4-16)22(29)23(30)27(20)10-9-26-11-13-31-14-12-26/h1-8,19-20H,9-14H2/p+1. The highest BCUT2D eigenvalue weighted by Crippen LogP contribution is 2.38. The van der Waals surface area contributed by atoms with Crippen molar-refractivity contribution < 1.29 is 28.4 Å². The van der Waals surface area contributed by atoms with Gasteiger partial charge in [0.15, 0.2) is 5.78 Å². The van der Waals surface area contributed by atoms with E-state index in [0.717, 1.165) is 13.1 Å². The number of likely N-dealkylation sites (tertiary alicyclic amines) is 1. The Bertz CT molecular complexity index is 974. The smallest absolute Gasteiger partial charge is 0.291 e. The molecule has 0 saturated carbocycles. The van der Waals surface area contributed by atoms with Gasteiger partial charge in [0.2, 0.25) is 5.78 Å². The summed E-state index contributed by atoms with van der Waals surface area (Å²) in [4.78, 5) is 41.9. The average molecular weight is 446 g/mol. The van der Waals surface area contributed by atoms with Gasteiger partial charge >= 0.3 is 0 Å². The molecule has 31 heavy (non-hydrogen) atoms. The van der Waals surface area contributed by atoms with Crippen molar-refractivity contribution in [2.75, 3.05) is 39.4 Å². The number of carbonyl (C=O) groups excluding carboxylic acids is 3. The quantitative estimate of drug-likeness (QED) is 0.414. The maximum absolute atomic E-state index is 13.3. The summed E-state index contributed by atoms with van der Waals surface area (Å²) in [7, 11) is 0. The summed E-state index contributed by atoms with van der Waals surface area (Å²) in [6.45, 7) is 3.99. The lowest BCUT2D eigenvalue weighted by Crippen LogP contribution is -3.14. The molecule has 6 nitrogen and oxygen atoms in total. The van der Waals surface area contributed by atoms with Crippen LogP contribution < -0.4 is 4.90 Å². The van der Waals surface area contributed by atoms with Crippen LogP contribution in [0.4, 0.5) is 4.39 Å². The second kappa shape index (κ2) is 9.26. The third-order valence-electron chi connectivity index (χ3n) is 5.93. The number of carbonyl (C=O) groups is 3. The van der Waals surface area contributed by atoms with Gasteiger partial charge in [-0.05, 0) is 42.0 Å². The Balaban J connectivity index is 1.65. The Kier molecular flexibility index (Phi) is 6.46. The van der Waals surface area contributed by atoms with Crippen molar-refractivity contribution in [3.05, 3.63) is 70.5 Å². The molecule has 2 aromatic carbocycles. The number of benzene rings is 2. The first kappa shape index (κ1) is 21.6. The first-order valence-electron chi connectivity index (χ1n) is 10.3. The molecule has 2 aliphatic rings. The number of morpholine rings is 1. The molecule has 2 aromatic rings. The molecule has 8 heteroatoms. The van der Waals surface area contributed by atoms with E-state index >= 15 is 0 Å². The van der Waals surface area contributed by atoms with E-state index in [0.29, 0.717) is 36.9 Å². The van der Waals surface area contributed by atoms with Crippen molar-refractivity contribution >= 4 is 29.1 Å². The first-order valence-corrected chi connectivity index (χ1v) is 10.6. The molecule has 2 saturated heterocycles. The van der Waals surface area contributed by atoms with Crippen molar-refractivity contribution in [3.63, 3.8) is 0 Å². The van der Waals surface area contributed by atoms with Crippen molar-refractivity contribution in [2.24, 2.45) is 5.92 Å². The van der Waals surface area contributed by atoms with Crippen molar-refractivity contribution in [1.82, 2.24) is 4.90 Å². The number of quaternary nitrogens is 1. The number of hydrogen-bond donors (Lipinski definition) is 1. The molecular formula is C23H23ClFN2O4+. The van der Waals surface area contributed by atoms with Crippen molar-refractivity contribution in [1.29, 1.82) is 0 Å². The summed E-state index contributed by atoms with van der Waals surface area (Å²) in [6, 6.07) is 11.1. The number of hydrogen-bond acceptors (Lipinski definition) is 4. The minimum absolute atomic E-state index is 0.201. The number of nitrogens with one attached hydrogen (secondary N) is 1. The second-order valence-corrected chi connectivity index (χ2v) is 8.26. The number of ether oxygens (including phenoxy) is 1. The summed E-state index contributed by atoms with van der Waals surface area (Å²) in [5.74, 6) is -3.53. The predicted molar refractivity (Wildman–Crippen MR) is 112 cm³/mol. The molecule has 0 radical (unpaired) electrons. The van der Waals surface area contributed by atoms with Crippen molar-refractivity contribution in [3.8, 4) is 0 Å². The minimum atomic E-state index is -1.18. The molecule has 0 bridgehead atoms. The summed E-state index contributed by atoms with van der Waals surface area (Å²) in [5, 5.41) is 0.519. The average Bonchev–Trinajstić information content (AvgIpc) is 3.04. The zero-order valence-corrected chi connectivity index (χ0v) is 17.6. The Morgan fingerprint density at radius 2 is 1.71 bits per heavy atom. The van der Waals surface area contributed by atoms with Gasteiger partial charge in [-0.15, -0.1) is 0 Å². The number of ketones is 2. The molecule has 2 heterocycles. The normalized spacial score (nSPS) is 22.2. The fourth-order valence-corrected chi connectivity index (χ4v) is 4.37.